The molecule has 1 aliphatic heterocycles. The van der Waals surface area contributed by atoms with Gasteiger partial charge in [0.1, 0.15) is 5.69 Å². The quantitative estimate of drug-likeness (QED) is 0.240. The lowest BCUT2D eigenvalue weighted by Crippen LogP contribution is -2.30. The Morgan fingerprint density at radius 1 is 1.22 bits per heavy atom. The van der Waals surface area contributed by atoms with Gasteiger partial charge in [-0.1, -0.05) is 29.8 Å². The predicted molar refractivity (Wildman–Crippen MR) is 94.3 cm³/mol. The van der Waals surface area contributed by atoms with Gasteiger partial charge in [0.05, 0.1) is 13.5 Å². The Balaban J connectivity index is 2.02. The van der Waals surface area contributed by atoms with Crippen molar-refractivity contribution in [3.63, 3.8) is 0 Å². The highest BCUT2D eigenvalue weighted by Crippen LogP contribution is 2.36. The van der Waals surface area contributed by atoms with Crippen LogP contribution in [0.3, 0.4) is 0 Å². The minimum absolute atomic E-state index is 0.908. The van der Waals surface area contributed by atoms with Crippen molar-refractivity contribution in [2.75, 3.05) is 0 Å². The number of aryl methyl sites for hydroxylation is 2. The number of pyridine rings is 1. The standard InChI is InChI=1S/C19H14N3.Al.2H/c1-12-5-3-6-13-8-9-14-11-16-20-15-7-4-10-21(2)19(15)22(16)18(14)17(12)13;;;/h3-4,6-9H,11H2,1-2H3;;;. The Morgan fingerprint density at radius 2 is 2.04 bits per heavy atom. The molecule has 0 saturated carbocycles. The zero-order chi connectivity index (χ0) is 15.7. The summed E-state index contributed by atoms with van der Waals surface area (Å²) in [5, 5.41) is 2.70. The molecule has 0 saturated heterocycles. The number of fused-ring (bicyclic) bond motifs is 7. The fourth-order valence-corrected chi connectivity index (χ4v) is 4.26. The summed E-state index contributed by atoms with van der Waals surface area (Å²) in [6.45, 7) is 2.26. The van der Waals surface area contributed by atoms with Crippen LogP contribution in [0.25, 0.3) is 27.6 Å². The average Bonchev–Trinajstić information content (AvgIpc) is 3.06. The topological polar surface area (TPSA) is 21.7 Å². The summed E-state index contributed by atoms with van der Waals surface area (Å²) >= 11 is 1.07. The molecule has 3 heterocycles. The summed E-state index contributed by atoms with van der Waals surface area (Å²) in [5.74, 6) is 1.14. The molecule has 0 radical (unpaired) electrons. The van der Waals surface area contributed by atoms with Crippen LogP contribution in [0.4, 0.5) is 0 Å². The van der Waals surface area contributed by atoms with Crippen molar-refractivity contribution >= 4 is 42.7 Å². The van der Waals surface area contributed by atoms with E-state index < -0.39 is 0 Å². The number of nitrogens with zero attached hydrogens (tertiary/aromatic N) is 3. The molecule has 0 aliphatic carbocycles. The summed E-state index contributed by atoms with van der Waals surface area (Å²) in [7, 11) is 2.05. The third kappa shape index (κ3) is 1.65. The zero-order valence-electron chi connectivity index (χ0n) is 13.5. The number of hydrogen-bond acceptors (Lipinski definition) is 1. The lowest BCUT2D eigenvalue weighted by atomic mass is 10.00. The van der Waals surface area contributed by atoms with E-state index in [1.807, 2.05) is 13.1 Å². The van der Waals surface area contributed by atoms with Crippen molar-refractivity contribution in [2.24, 2.45) is 7.05 Å². The van der Waals surface area contributed by atoms with Gasteiger partial charge in [0.25, 0.3) is 16.3 Å². The minimum Gasteiger partial charge on any atom is -0.342 e. The lowest BCUT2D eigenvalue weighted by molar-refractivity contribution is -0.651. The number of hydrogen-bond donors (Lipinski definition) is 0. The molecule has 1 aliphatic rings. The van der Waals surface area contributed by atoms with E-state index in [1.165, 1.54) is 32.0 Å². The first-order valence-electron chi connectivity index (χ1n) is 7.95. The summed E-state index contributed by atoms with van der Waals surface area (Å²) in [6.07, 6.45) is 4.17. The SMILES string of the molecule is Cc1[c]([AlH2])ccc2ccc3c(c12)-n1c(nc2cc[c-][n+](C)c21)C3. The van der Waals surface area contributed by atoms with Gasteiger partial charge < -0.3 is 4.57 Å². The predicted octanol–water partition coefficient (Wildman–Crippen LogP) is 1.27. The fraction of sp³-hybridized carbons (Fsp3) is 0.158. The van der Waals surface area contributed by atoms with Crippen molar-refractivity contribution in [1.29, 1.82) is 0 Å². The van der Waals surface area contributed by atoms with Gasteiger partial charge in [-0.3, -0.25) is 0 Å². The van der Waals surface area contributed by atoms with Gasteiger partial charge in [0.15, 0.2) is 5.82 Å². The van der Waals surface area contributed by atoms with Crippen molar-refractivity contribution in [3.8, 4) is 5.69 Å². The summed E-state index contributed by atoms with van der Waals surface area (Å²) in [5.41, 5.74) is 6.30. The maximum atomic E-state index is 4.86. The van der Waals surface area contributed by atoms with Gasteiger partial charge in [-0.2, -0.15) is 0 Å². The van der Waals surface area contributed by atoms with E-state index in [-0.39, 0.29) is 0 Å². The Hall–Kier alpha value is -2.15. The van der Waals surface area contributed by atoms with E-state index in [9.17, 15) is 0 Å². The van der Waals surface area contributed by atoms with Crippen molar-refractivity contribution in [2.45, 2.75) is 13.3 Å². The highest BCUT2D eigenvalue weighted by Gasteiger charge is 2.29. The van der Waals surface area contributed by atoms with Crippen LogP contribution in [-0.2, 0) is 13.5 Å². The molecule has 2 aromatic heterocycles. The Morgan fingerprint density at radius 3 is 2.91 bits per heavy atom. The fourth-order valence-electron chi connectivity index (χ4n) is 3.84. The van der Waals surface area contributed by atoms with Gasteiger partial charge in [-0.05, 0) is 12.3 Å². The first kappa shape index (κ1) is 13.3. The van der Waals surface area contributed by atoms with E-state index in [4.69, 9.17) is 4.98 Å². The van der Waals surface area contributed by atoms with E-state index in [2.05, 4.69) is 52.6 Å². The normalized spacial score (nSPS) is 12.8. The molecule has 5 rings (SSSR count). The number of imidazole rings is 1. The van der Waals surface area contributed by atoms with E-state index in [1.54, 1.807) is 0 Å². The second-order valence-electron chi connectivity index (χ2n) is 6.45. The molecule has 0 fully saturated rings. The Labute approximate surface area is 142 Å². The smallest absolute Gasteiger partial charge is 0.259 e. The van der Waals surface area contributed by atoms with Crippen LogP contribution < -0.4 is 8.99 Å². The van der Waals surface area contributed by atoms with Crippen LogP contribution in [0.5, 0.6) is 0 Å². The molecule has 0 N–H and O–H groups in total. The second kappa shape index (κ2) is 4.44. The second-order valence-corrected chi connectivity index (χ2v) is 7.53. The highest BCUT2D eigenvalue weighted by atomic mass is 27.0. The lowest BCUT2D eigenvalue weighted by Gasteiger charge is -2.12. The maximum absolute atomic E-state index is 4.86. The van der Waals surface area contributed by atoms with Crippen LogP contribution in [0, 0.1) is 13.1 Å². The molecule has 0 spiro atoms. The highest BCUT2D eigenvalue weighted by molar-refractivity contribution is 6.34. The minimum atomic E-state index is 0.908. The van der Waals surface area contributed by atoms with E-state index in [0.29, 0.717) is 0 Å². The van der Waals surface area contributed by atoms with Crippen molar-refractivity contribution in [3.05, 3.63) is 59.5 Å². The molecule has 4 aromatic rings. The van der Waals surface area contributed by atoms with E-state index >= 15 is 0 Å². The van der Waals surface area contributed by atoms with Gasteiger partial charge in [0.2, 0.25) is 5.65 Å². The van der Waals surface area contributed by atoms with Gasteiger partial charge >= 0.3 is 0 Å². The zero-order valence-corrected chi connectivity index (χ0v) is 15.5. The number of rotatable bonds is 0. The molecule has 23 heavy (non-hydrogen) atoms. The van der Waals surface area contributed by atoms with Crippen molar-refractivity contribution in [1.82, 2.24) is 9.55 Å². The monoisotopic (exact) mass is 313 g/mol. The summed E-state index contributed by atoms with van der Waals surface area (Å²) in [6, 6.07) is 13.0. The number of aromatic nitrogens is 3. The molecule has 4 heteroatoms. The molecular formula is C19H16AlN3. The summed E-state index contributed by atoms with van der Waals surface area (Å²) in [4.78, 5) is 4.86. The number of benzene rings is 2. The summed E-state index contributed by atoms with van der Waals surface area (Å²) < 4.78 is 5.87. The maximum Gasteiger partial charge on any atom is 0.259 e. The third-order valence-electron chi connectivity index (χ3n) is 5.12. The van der Waals surface area contributed by atoms with Crippen LogP contribution in [0.1, 0.15) is 17.0 Å². The molecular weight excluding hydrogens is 297 g/mol. The third-order valence-corrected chi connectivity index (χ3v) is 6.20. The van der Waals surface area contributed by atoms with E-state index in [0.717, 1.165) is 39.7 Å². The van der Waals surface area contributed by atoms with Crippen LogP contribution in [0.15, 0.2) is 36.4 Å². The molecule has 110 valence electrons. The molecule has 0 unspecified atom stereocenters. The van der Waals surface area contributed by atoms with Gasteiger partial charge in [0, 0.05) is 22.7 Å². The van der Waals surface area contributed by atoms with Crippen LogP contribution >= 0.6 is 0 Å². The first-order valence-corrected chi connectivity index (χ1v) is 8.95. The molecule has 3 nitrogen and oxygen atoms in total. The molecule has 2 aromatic carbocycles. The molecule has 0 amide bonds. The van der Waals surface area contributed by atoms with Gasteiger partial charge in [-0.25, -0.2) is 9.55 Å². The molecule has 0 bridgehead atoms. The first-order chi connectivity index (χ1) is 11.1. The van der Waals surface area contributed by atoms with Crippen molar-refractivity contribution < 1.29 is 4.57 Å². The Kier molecular flexibility index (Phi) is 2.57. The largest absolute Gasteiger partial charge is 0.342 e. The van der Waals surface area contributed by atoms with Crippen LogP contribution in [-0.4, -0.2) is 25.8 Å². The average molecular weight is 313 g/mol. The molecule has 0 atom stereocenters. The Bertz CT molecular complexity index is 1120. The van der Waals surface area contributed by atoms with Gasteiger partial charge in [-0.15, -0.1) is 16.6 Å². The van der Waals surface area contributed by atoms with Crippen LogP contribution in [0.2, 0.25) is 0 Å².